The molecule has 1 amide bonds. The van der Waals surface area contributed by atoms with E-state index in [0.29, 0.717) is 17.5 Å². The number of amides is 1. The fraction of sp³-hybridized carbons (Fsp3) is 0.462. The van der Waals surface area contributed by atoms with Crippen LogP contribution in [0.25, 0.3) is 10.9 Å². The van der Waals surface area contributed by atoms with E-state index in [1.54, 1.807) is 30.1 Å². The number of aryl methyl sites for hydroxylation is 3. The van der Waals surface area contributed by atoms with Crippen molar-refractivity contribution in [2.75, 3.05) is 11.9 Å². The van der Waals surface area contributed by atoms with Crippen molar-refractivity contribution < 1.29 is 14.7 Å². The van der Waals surface area contributed by atoms with Gasteiger partial charge in [-0.1, -0.05) is 43.9 Å². The molecule has 0 fully saturated rings. The van der Waals surface area contributed by atoms with Gasteiger partial charge < -0.3 is 15.7 Å². The SMILES string of the molecule is Cn1ncc2cccc(C(=O)N[C@@H](CCCCCCCc3ccc4c(n3)NCCC4)C(=O)O)c21. The number of nitrogens with zero attached hydrogens (tertiary/aromatic N) is 3. The third kappa shape index (κ3) is 5.73. The second-order valence-electron chi connectivity index (χ2n) is 9.02. The van der Waals surface area contributed by atoms with E-state index in [2.05, 4.69) is 27.9 Å². The Bertz CT molecular complexity index is 1160. The molecule has 3 heterocycles. The molecule has 1 aliphatic rings. The van der Waals surface area contributed by atoms with Crippen LogP contribution >= 0.6 is 0 Å². The molecule has 2 aromatic heterocycles. The highest BCUT2D eigenvalue weighted by Crippen LogP contribution is 2.21. The Kier molecular flexibility index (Phi) is 7.77. The van der Waals surface area contributed by atoms with Crippen molar-refractivity contribution in [1.82, 2.24) is 20.1 Å². The zero-order valence-electron chi connectivity index (χ0n) is 19.7. The first-order chi connectivity index (χ1) is 16.5. The number of aromatic nitrogens is 3. The van der Waals surface area contributed by atoms with E-state index < -0.39 is 12.0 Å². The number of carboxylic acids is 1. The maximum absolute atomic E-state index is 12.8. The second kappa shape index (κ2) is 11.1. The molecule has 0 aliphatic carbocycles. The van der Waals surface area contributed by atoms with Gasteiger partial charge in [-0.3, -0.25) is 9.48 Å². The van der Waals surface area contributed by atoms with Crippen molar-refractivity contribution in [1.29, 1.82) is 0 Å². The third-order valence-corrected chi connectivity index (χ3v) is 6.49. The number of nitrogens with one attached hydrogen (secondary N) is 2. The average molecular weight is 464 g/mol. The molecule has 1 atom stereocenters. The molecular weight excluding hydrogens is 430 g/mol. The predicted octanol–water partition coefficient (Wildman–Crippen LogP) is 4.09. The number of benzene rings is 1. The Morgan fingerprint density at radius 1 is 1.15 bits per heavy atom. The fourth-order valence-corrected chi connectivity index (χ4v) is 4.60. The Morgan fingerprint density at radius 3 is 2.82 bits per heavy atom. The summed E-state index contributed by atoms with van der Waals surface area (Å²) in [7, 11) is 1.77. The van der Waals surface area contributed by atoms with E-state index in [4.69, 9.17) is 4.98 Å². The largest absolute Gasteiger partial charge is 0.480 e. The van der Waals surface area contributed by atoms with Crippen LogP contribution in [0.1, 0.15) is 66.6 Å². The highest BCUT2D eigenvalue weighted by Gasteiger charge is 2.22. The minimum Gasteiger partial charge on any atom is -0.480 e. The van der Waals surface area contributed by atoms with Gasteiger partial charge in [0.05, 0.1) is 17.3 Å². The Labute approximate surface area is 199 Å². The molecule has 0 bridgehead atoms. The summed E-state index contributed by atoms with van der Waals surface area (Å²) in [5.74, 6) is -0.337. The minimum atomic E-state index is -1.00. The van der Waals surface area contributed by atoms with E-state index in [-0.39, 0.29) is 5.91 Å². The summed E-state index contributed by atoms with van der Waals surface area (Å²) in [6, 6.07) is 8.79. The quantitative estimate of drug-likeness (QED) is 0.370. The van der Waals surface area contributed by atoms with Gasteiger partial charge in [-0.2, -0.15) is 5.10 Å². The molecule has 180 valence electrons. The number of carboxylic acid groups (broad SMARTS) is 1. The molecule has 0 spiro atoms. The van der Waals surface area contributed by atoms with E-state index in [1.165, 1.54) is 12.0 Å². The first-order valence-corrected chi connectivity index (χ1v) is 12.2. The summed E-state index contributed by atoms with van der Waals surface area (Å²) < 4.78 is 1.64. The van der Waals surface area contributed by atoms with Gasteiger partial charge >= 0.3 is 5.97 Å². The molecule has 0 saturated carbocycles. The van der Waals surface area contributed by atoms with Gasteiger partial charge in [0.2, 0.25) is 0 Å². The lowest BCUT2D eigenvalue weighted by atomic mass is 10.0. The first-order valence-electron chi connectivity index (χ1n) is 12.2. The fourth-order valence-electron chi connectivity index (χ4n) is 4.60. The lowest BCUT2D eigenvalue weighted by molar-refractivity contribution is -0.139. The number of hydrogen-bond donors (Lipinski definition) is 3. The molecule has 0 radical (unpaired) electrons. The molecule has 8 nitrogen and oxygen atoms in total. The van der Waals surface area contributed by atoms with Crippen LogP contribution in [0.2, 0.25) is 0 Å². The van der Waals surface area contributed by atoms with Crippen molar-refractivity contribution in [3.63, 3.8) is 0 Å². The molecule has 3 N–H and O–H groups in total. The zero-order chi connectivity index (χ0) is 23.9. The summed E-state index contributed by atoms with van der Waals surface area (Å²) in [6.07, 6.45) is 10.2. The summed E-state index contributed by atoms with van der Waals surface area (Å²) in [5, 5.41) is 20.7. The highest BCUT2D eigenvalue weighted by atomic mass is 16.4. The second-order valence-corrected chi connectivity index (χ2v) is 9.02. The smallest absolute Gasteiger partial charge is 0.326 e. The zero-order valence-corrected chi connectivity index (χ0v) is 19.7. The number of pyridine rings is 1. The van der Waals surface area contributed by atoms with Gasteiger partial charge in [-0.05, 0) is 49.8 Å². The predicted molar refractivity (Wildman–Crippen MR) is 132 cm³/mol. The molecule has 0 unspecified atom stereocenters. The topological polar surface area (TPSA) is 109 Å². The average Bonchev–Trinajstić information content (AvgIpc) is 3.23. The van der Waals surface area contributed by atoms with Crippen molar-refractivity contribution >= 4 is 28.6 Å². The van der Waals surface area contributed by atoms with Crippen LogP contribution in [0, 0.1) is 0 Å². The van der Waals surface area contributed by atoms with Gasteiger partial charge in [0, 0.05) is 24.7 Å². The van der Waals surface area contributed by atoms with Crippen LogP contribution in [0.15, 0.2) is 36.5 Å². The molecule has 4 rings (SSSR count). The summed E-state index contributed by atoms with van der Waals surface area (Å²) in [5.41, 5.74) is 3.58. The van der Waals surface area contributed by atoms with Crippen LogP contribution in [0.3, 0.4) is 0 Å². The number of fused-ring (bicyclic) bond motifs is 2. The van der Waals surface area contributed by atoms with Crippen molar-refractivity contribution in [3.05, 3.63) is 53.3 Å². The molecule has 34 heavy (non-hydrogen) atoms. The minimum absolute atomic E-state index is 0.381. The number of anilines is 1. The van der Waals surface area contributed by atoms with Crippen molar-refractivity contribution in [2.24, 2.45) is 7.05 Å². The highest BCUT2D eigenvalue weighted by molar-refractivity contribution is 6.06. The van der Waals surface area contributed by atoms with Crippen LogP contribution in [0.4, 0.5) is 5.82 Å². The number of carbonyl (C=O) groups excluding carboxylic acids is 1. The van der Waals surface area contributed by atoms with Gasteiger partial charge in [-0.25, -0.2) is 9.78 Å². The molecule has 1 aliphatic heterocycles. The van der Waals surface area contributed by atoms with Gasteiger partial charge in [-0.15, -0.1) is 0 Å². The number of unbranched alkanes of at least 4 members (excludes halogenated alkanes) is 4. The van der Waals surface area contributed by atoms with E-state index in [9.17, 15) is 14.7 Å². The van der Waals surface area contributed by atoms with Crippen LogP contribution in [0.5, 0.6) is 0 Å². The van der Waals surface area contributed by atoms with Crippen molar-refractivity contribution in [3.8, 4) is 0 Å². The molecule has 1 aromatic carbocycles. The Morgan fingerprint density at radius 2 is 1.97 bits per heavy atom. The first kappa shape index (κ1) is 23.7. The maximum atomic E-state index is 12.8. The molecule has 8 heteroatoms. The molecule has 0 saturated heterocycles. The lowest BCUT2D eigenvalue weighted by Crippen LogP contribution is -2.40. The van der Waals surface area contributed by atoms with Crippen LogP contribution in [-0.4, -0.2) is 44.3 Å². The van der Waals surface area contributed by atoms with Crippen LogP contribution in [-0.2, 0) is 24.7 Å². The number of aliphatic carboxylic acids is 1. The maximum Gasteiger partial charge on any atom is 0.326 e. The number of hydrogen-bond acceptors (Lipinski definition) is 5. The molecular formula is C26H33N5O3. The standard InChI is InChI=1S/C26H33N5O3/c1-31-23-19(17-28-31)9-7-12-21(23)25(32)30-22(26(33)34)13-6-4-2-3-5-11-20-15-14-18-10-8-16-27-24(18)29-20/h7,9,12,14-15,17,22H,2-6,8,10-11,13,16H2,1H3,(H,27,29)(H,30,32)(H,33,34)/t22-/m0/s1. The van der Waals surface area contributed by atoms with E-state index in [1.807, 2.05) is 6.07 Å². The lowest BCUT2D eigenvalue weighted by Gasteiger charge is -2.17. The normalized spacial score (nSPS) is 13.8. The Balaban J connectivity index is 1.19. The Hall–Kier alpha value is -3.42. The molecule has 3 aromatic rings. The number of rotatable bonds is 11. The van der Waals surface area contributed by atoms with E-state index in [0.717, 1.165) is 68.4 Å². The van der Waals surface area contributed by atoms with Gasteiger partial charge in [0.1, 0.15) is 11.9 Å². The monoisotopic (exact) mass is 463 g/mol. The van der Waals surface area contributed by atoms with Gasteiger partial charge in [0.25, 0.3) is 5.91 Å². The van der Waals surface area contributed by atoms with E-state index >= 15 is 0 Å². The van der Waals surface area contributed by atoms with Crippen molar-refractivity contribution in [2.45, 2.75) is 63.8 Å². The van der Waals surface area contributed by atoms with Gasteiger partial charge in [0.15, 0.2) is 0 Å². The summed E-state index contributed by atoms with van der Waals surface area (Å²) in [6.45, 7) is 1.00. The number of para-hydroxylation sites is 1. The summed E-state index contributed by atoms with van der Waals surface area (Å²) in [4.78, 5) is 29.3. The van der Waals surface area contributed by atoms with Crippen LogP contribution < -0.4 is 10.6 Å². The third-order valence-electron chi connectivity index (χ3n) is 6.49. The summed E-state index contributed by atoms with van der Waals surface area (Å²) >= 11 is 0. The number of carbonyl (C=O) groups is 2.